The van der Waals surface area contributed by atoms with Crippen LogP contribution in [0.1, 0.15) is 11.4 Å². The van der Waals surface area contributed by atoms with Crippen molar-refractivity contribution in [2.75, 3.05) is 0 Å². The summed E-state index contributed by atoms with van der Waals surface area (Å²) in [7, 11) is 0. The van der Waals surface area contributed by atoms with Crippen LogP contribution in [0.5, 0.6) is 0 Å². The summed E-state index contributed by atoms with van der Waals surface area (Å²) in [5.74, 6) is 0.586. The van der Waals surface area contributed by atoms with E-state index in [9.17, 15) is 0 Å². The van der Waals surface area contributed by atoms with Crippen LogP contribution < -0.4 is 0 Å². The summed E-state index contributed by atoms with van der Waals surface area (Å²) in [6, 6.07) is 9.15. The van der Waals surface area contributed by atoms with Crippen molar-refractivity contribution < 1.29 is 0 Å². The molecule has 0 saturated carbocycles. The normalized spacial score (nSPS) is 10.9. The Kier molecular flexibility index (Phi) is 3.54. The lowest BCUT2D eigenvalue weighted by molar-refractivity contribution is 1.14. The highest BCUT2D eigenvalue weighted by Crippen LogP contribution is 2.12. The van der Waals surface area contributed by atoms with Gasteiger partial charge in [-0.1, -0.05) is 41.4 Å². The van der Waals surface area contributed by atoms with E-state index in [0.29, 0.717) is 11.0 Å². The number of rotatable bonds is 2. The molecule has 0 fully saturated rings. The quantitative estimate of drug-likeness (QED) is 0.755. The molecule has 1 aromatic carbocycles. The fourth-order valence-electron chi connectivity index (χ4n) is 1.18. The summed E-state index contributed by atoms with van der Waals surface area (Å²) in [5, 5.41) is 1.15. The van der Waals surface area contributed by atoms with Gasteiger partial charge in [0.25, 0.3) is 0 Å². The molecule has 0 aliphatic rings. The van der Waals surface area contributed by atoms with Gasteiger partial charge < -0.3 is 0 Å². The van der Waals surface area contributed by atoms with Gasteiger partial charge in [-0.3, -0.25) is 0 Å². The largest absolute Gasteiger partial charge is 0.237 e. The SMILES string of the molecule is Clc1ccc(C=Cc2nccc(Cl)n2)cc1. The van der Waals surface area contributed by atoms with E-state index in [2.05, 4.69) is 9.97 Å². The lowest BCUT2D eigenvalue weighted by atomic mass is 10.2. The summed E-state index contributed by atoms with van der Waals surface area (Å²) in [5.41, 5.74) is 1.04. The molecule has 0 atom stereocenters. The zero-order valence-corrected chi connectivity index (χ0v) is 9.78. The summed E-state index contributed by atoms with van der Waals surface area (Å²) in [6.45, 7) is 0. The average Bonchev–Trinajstić information content (AvgIpc) is 2.28. The Balaban J connectivity index is 2.18. The number of aromatic nitrogens is 2. The van der Waals surface area contributed by atoms with Crippen molar-refractivity contribution >= 4 is 35.4 Å². The van der Waals surface area contributed by atoms with Gasteiger partial charge in [-0.25, -0.2) is 9.97 Å². The Morgan fingerprint density at radius 1 is 0.938 bits per heavy atom. The smallest absolute Gasteiger partial charge is 0.153 e. The first kappa shape index (κ1) is 11.1. The molecule has 1 aromatic heterocycles. The molecule has 0 saturated heterocycles. The maximum absolute atomic E-state index is 5.78. The van der Waals surface area contributed by atoms with Crippen LogP contribution in [-0.2, 0) is 0 Å². The number of hydrogen-bond acceptors (Lipinski definition) is 2. The molecule has 1 heterocycles. The first-order valence-corrected chi connectivity index (χ1v) is 5.42. The maximum atomic E-state index is 5.78. The molecule has 16 heavy (non-hydrogen) atoms. The third kappa shape index (κ3) is 3.05. The Morgan fingerprint density at radius 2 is 1.69 bits per heavy atom. The molecule has 0 spiro atoms. The van der Waals surface area contributed by atoms with Crippen LogP contribution >= 0.6 is 23.2 Å². The summed E-state index contributed by atoms with van der Waals surface area (Å²) in [6.07, 6.45) is 5.33. The van der Waals surface area contributed by atoms with Crippen LogP contribution in [0.15, 0.2) is 36.5 Å². The van der Waals surface area contributed by atoms with Gasteiger partial charge >= 0.3 is 0 Å². The monoisotopic (exact) mass is 250 g/mol. The van der Waals surface area contributed by atoms with E-state index in [4.69, 9.17) is 23.2 Å². The van der Waals surface area contributed by atoms with E-state index in [0.717, 1.165) is 10.6 Å². The summed E-state index contributed by atoms with van der Waals surface area (Å²) in [4.78, 5) is 8.11. The number of benzene rings is 1. The van der Waals surface area contributed by atoms with E-state index >= 15 is 0 Å². The van der Waals surface area contributed by atoms with Gasteiger partial charge in [0.05, 0.1) is 0 Å². The van der Waals surface area contributed by atoms with Crippen molar-refractivity contribution in [3.05, 3.63) is 58.1 Å². The van der Waals surface area contributed by atoms with Gasteiger partial charge in [-0.05, 0) is 29.8 Å². The molecule has 4 heteroatoms. The minimum absolute atomic E-state index is 0.436. The zero-order chi connectivity index (χ0) is 11.4. The fraction of sp³-hybridized carbons (Fsp3) is 0. The minimum Gasteiger partial charge on any atom is -0.237 e. The molecule has 80 valence electrons. The van der Waals surface area contributed by atoms with E-state index < -0.39 is 0 Å². The Labute approximate surface area is 104 Å². The van der Waals surface area contributed by atoms with Crippen LogP contribution in [-0.4, -0.2) is 9.97 Å². The third-order valence-electron chi connectivity index (χ3n) is 1.94. The first-order valence-electron chi connectivity index (χ1n) is 4.66. The predicted octanol–water partition coefficient (Wildman–Crippen LogP) is 3.95. The molecule has 0 amide bonds. The second kappa shape index (κ2) is 5.10. The third-order valence-corrected chi connectivity index (χ3v) is 2.40. The summed E-state index contributed by atoms with van der Waals surface area (Å²) < 4.78 is 0. The number of nitrogens with zero attached hydrogens (tertiary/aromatic N) is 2. The molecule has 0 bridgehead atoms. The predicted molar refractivity (Wildman–Crippen MR) is 67.4 cm³/mol. The molecular weight excluding hydrogens is 243 g/mol. The minimum atomic E-state index is 0.436. The van der Waals surface area contributed by atoms with Crippen molar-refractivity contribution in [2.24, 2.45) is 0 Å². The van der Waals surface area contributed by atoms with Crippen LogP contribution in [0.4, 0.5) is 0 Å². The van der Waals surface area contributed by atoms with Gasteiger partial charge in [0.15, 0.2) is 5.82 Å². The van der Waals surface area contributed by atoms with Gasteiger partial charge in [-0.2, -0.15) is 0 Å². The van der Waals surface area contributed by atoms with Crippen LogP contribution in [0.2, 0.25) is 10.2 Å². The van der Waals surface area contributed by atoms with Crippen LogP contribution in [0, 0.1) is 0 Å². The van der Waals surface area contributed by atoms with Gasteiger partial charge in [0.1, 0.15) is 5.15 Å². The van der Waals surface area contributed by atoms with Crippen molar-refractivity contribution in [2.45, 2.75) is 0 Å². The Bertz CT molecular complexity index is 507. The van der Waals surface area contributed by atoms with Gasteiger partial charge in [0.2, 0.25) is 0 Å². The molecule has 0 aliphatic carbocycles. The highest BCUT2D eigenvalue weighted by atomic mass is 35.5. The van der Waals surface area contributed by atoms with Gasteiger partial charge in [-0.15, -0.1) is 0 Å². The van der Waals surface area contributed by atoms with Crippen molar-refractivity contribution in [3.63, 3.8) is 0 Å². The van der Waals surface area contributed by atoms with E-state index in [1.807, 2.05) is 30.3 Å². The van der Waals surface area contributed by atoms with Crippen molar-refractivity contribution in [1.82, 2.24) is 9.97 Å². The first-order chi connectivity index (χ1) is 7.74. The molecule has 2 nitrogen and oxygen atoms in total. The second-order valence-corrected chi connectivity index (χ2v) is 3.95. The molecule has 0 aliphatic heterocycles. The van der Waals surface area contributed by atoms with Gasteiger partial charge in [0, 0.05) is 11.2 Å². The zero-order valence-electron chi connectivity index (χ0n) is 8.27. The molecule has 0 radical (unpaired) electrons. The number of halogens is 2. The van der Waals surface area contributed by atoms with E-state index in [1.165, 1.54) is 0 Å². The molecule has 0 N–H and O–H groups in total. The van der Waals surface area contributed by atoms with E-state index in [1.54, 1.807) is 18.3 Å². The molecule has 2 aromatic rings. The lowest BCUT2D eigenvalue weighted by Gasteiger charge is -1.94. The standard InChI is InChI=1S/C12H8Cl2N2/c13-10-4-1-9(2-5-10)3-6-12-15-8-7-11(14)16-12/h1-8H. The van der Waals surface area contributed by atoms with Crippen LogP contribution in [0.25, 0.3) is 12.2 Å². The molecule has 2 rings (SSSR count). The summed E-state index contributed by atoms with van der Waals surface area (Å²) >= 11 is 11.5. The number of hydrogen-bond donors (Lipinski definition) is 0. The average molecular weight is 251 g/mol. The topological polar surface area (TPSA) is 25.8 Å². The second-order valence-electron chi connectivity index (χ2n) is 3.12. The van der Waals surface area contributed by atoms with Crippen molar-refractivity contribution in [3.8, 4) is 0 Å². The molecular formula is C12H8Cl2N2. The maximum Gasteiger partial charge on any atom is 0.153 e. The Morgan fingerprint density at radius 3 is 2.38 bits per heavy atom. The fourth-order valence-corrected chi connectivity index (χ4v) is 1.44. The Hall–Kier alpha value is -1.38. The highest BCUT2D eigenvalue weighted by molar-refractivity contribution is 6.30. The molecule has 0 unspecified atom stereocenters. The highest BCUT2D eigenvalue weighted by Gasteiger charge is 1.92. The van der Waals surface area contributed by atoms with Crippen LogP contribution in [0.3, 0.4) is 0 Å². The van der Waals surface area contributed by atoms with E-state index in [-0.39, 0.29) is 0 Å². The van der Waals surface area contributed by atoms with Crippen molar-refractivity contribution in [1.29, 1.82) is 0 Å². The lowest BCUT2D eigenvalue weighted by Crippen LogP contribution is -1.85.